The lowest BCUT2D eigenvalue weighted by Gasteiger charge is -2.30. The second-order valence-corrected chi connectivity index (χ2v) is 7.06. The van der Waals surface area contributed by atoms with E-state index in [4.69, 9.17) is 5.73 Å². The maximum Gasteiger partial charge on any atom is 0.293 e. The van der Waals surface area contributed by atoms with E-state index in [2.05, 4.69) is 0 Å². The Bertz CT molecular complexity index is 906. The third-order valence-corrected chi connectivity index (χ3v) is 5.40. The Hall–Kier alpha value is -3.09. The number of nitrogen functional groups attached to an aromatic ring is 1. The molecule has 7 nitrogen and oxygen atoms in total. The number of hydrogen-bond donors (Lipinski definition) is 1. The van der Waals surface area contributed by atoms with Gasteiger partial charge in [-0.3, -0.25) is 14.9 Å². The number of nitro groups is 1. The zero-order chi connectivity index (χ0) is 19.0. The molecule has 2 N–H and O–H groups in total. The van der Waals surface area contributed by atoms with Crippen LogP contribution in [-0.4, -0.2) is 30.5 Å². The predicted octanol–water partition coefficient (Wildman–Crippen LogP) is 3.37. The Morgan fingerprint density at radius 3 is 2.56 bits per heavy atom. The topological polar surface area (TPSA) is 92.7 Å². The summed E-state index contributed by atoms with van der Waals surface area (Å²) in [6.07, 6.45) is 3.72. The van der Waals surface area contributed by atoms with E-state index in [-0.39, 0.29) is 11.6 Å². The Labute approximate surface area is 157 Å². The van der Waals surface area contributed by atoms with Crippen LogP contribution in [0.5, 0.6) is 0 Å². The van der Waals surface area contributed by atoms with E-state index in [0.29, 0.717) is 23.5 Å². The summed E-state index contributed by atoms with van der Waals surface area (Å²) in [5.74, 6) is -0.224. The highest BCUT2D eigenvalue weighted by atomic mass is 16.6. The standard InChI is InChI=1S/C20H22N4O3/c21-16-6-3-7-17-15(16)5-4-12-23(17)20(25)14-8-9-18(19(13-14)24(26)27)22-10-1-2-11-22/h3,6-9,13H,1-2,4-5,10-12,21H2. The third kappa shape index (κ3) is 3.09. The normalized spacial score (nSPS) is 16.3. The fraction of sp³-hybridized carbons (Fsp3) is 0.350. The molecule has 2 heterocycles. The van der Waals surface area contributed by atoms with Gasteiger partial charge in [-0.1, -0.05) is 6.07 Å². The Balaban J connectivity index is 1.70. The smallest absolute Gasteiger partial charge is 0.293 e. The number of carbonyl (C=O) groups excluding carboxylic acids is 1. The number of amides is 1. The number of nitro benzene ring substituents is 1. The van der Waals surface area contributed by atoms with Gasteiger partial charge in [0.2, 0.25) is 0 Å². The Kier molecular flexibility index (Phi) is 4.43. The Morgan fingerprint density at radius 1 is 1.04 bits per heavy atom. The highest BCUT2D eigenvalue weighted by Crippen LogP contribution is 2.35. The summed E-state index contributed by atoms with van der Waals surface area (Å²) in [5, 5.41) is 11.6. The first-order valence-corrected chi connectivity index (χ1v) is 9.29. The first-order chi connectivity index (χ1) is 13.1. The number of benzene rings is 2. The number of hydrogen-bond acceptors (Lipinski definition) is 5. The zero-order valence-corrected chi connectivity index (χ0v) is 15.1. The maximum absolute atomic E-state index is 13.1. The SMILES string of the molecule is Nc1cccc2c1CCCN2C(=O)c1ccc(N2CCCC2)c([N+](=O)[O-])c1. The molecule has 0 atom stereocenters. The minimum atomic E-state index is -0.396. The molecular formula is C20H22N4O3. The lowest BCUT2D eigenvalue weighted by molar-refractivity contribution is -0.384. The molecule has 1 fully saturated rings. The third-order valence-electron chi connectivity index (χ3n) is 5.40. The molecule has 1 saturated heterocycles. The lowest BCUT2D eigenvalue weighted by Crippen LogP contribution is -2.35. The van der Waals surface area contributed by atoms with Crippen LogP contribution < -0.4 is 15.5 Å². The van der Waals surface area contributed by atoms with Crippen LogP contribution >= 0.6 is 0 Å². The van der Waals surface area contributed by atoms with Crippen molar-refractivity contribution in [3.8, 4) is 0 Å². The molecule has 7 heteroatoms. The molecular weight excluding hydrogens is 344 g/mol. The van der Waals surface area contributed by atoms with Crippen LogP contribution in [0.1, 0.15) is 35.2 Å². The van der Waals surface area contributed by atoms with E-state index >= 15 is 0 Å². The largest absolute Gasteiger partial charge is 0.398 e. The fourth-order valence-corrected chi connectivity index (χ4v) is 4.05. The van der Waals surface area contributed by atoms with Crippen LogP contribution in [0, 0.1) is 10.1 Å². The monoisotopic (exact) mass is 366 g/mol. The van der Waals surface area contributed by atoms with Crippen molar-refractivity contribution in [2.24, 2.45) is 0 Å². The van der Waals surface area contributed by atoms with Gasteiger partial charge in [0.25, 0.3) is 11.6 Å². The molecule has 0 saturated carbocycles. The first-order valence-electron chi connectivity index (χ1n) is 9.29. The van der Waals surface area contributed by atoms with Gasteiger partial charge in [-0.15, -0.1) is 0 Å². The fourth-order valence-electron chi connectivity index (χ4n) is 4.05. The second-order valence-electron chi connectivity index (χ2n) is 7.06. The summed E-state index contributed by atoms with van der Waals surface area (Å²) < 4.78 is 0. The summed E-state index contributed by atoms with van der Waals surface area (Å²) in [4.78, 5) is 28.0. The van der Waals surface area contributed by atoms with Gasteiger partial charge in [0.1, 0.15) is 5.69 Å². The molecule has 0 radical (unpaired) electrons. The summed E-state index contributed by atoms with van der Waals surface area (Å²) >= 11 is 0. The van der Waals surface area contributed by atoms with Gasteiger partial charge in [0.15, 0.2) is 0 Å². The van der Waals surface area contributed by atoms with Crippen LogP contribution in [0.2, 0.25) is 0 Å². The van der Waals surface area contributed by atoms with Crippen LogP contribution in [-0.2, 0) is 6.42 Å². The summed E-state index contributed by atoms with van der Waals surface area (Å²) in [5.41, 5.74) is 9.44. The van der Waals surface area contributed by atoms with Crippen molar-refractivity contribution < 1.29 is 9.72 Å². The molecule has 140 valence electrons. The molecule has 0 aromatic heterocycles. The highest BCUT2D eigenvalue weighted by Gasteiger charge is 2.28. The van der Waals surface area contributed by atoms with Gasteiger partial charge in [-0.05, 0) is 55.5 Å². The van der Waals surface area contributed by atoms with Crippen LogP contribution in [0.15, 0.2) is 36.4 Å². The molecule has 4 rings (SSSR count). The van der Waals surface area contributed by atoms with E-state index in [1.165, 1.54) is 6.07 Å². The summed E-state index contributed by atoms with van der Waals surface area (Å²) in [7, 11) is 0. The van der Waals surface area contributed by atoms with Crippen molar-refractivity contribution in [1.82, 2.24) is 0 Å². The number of anilines is 3. The summed E-state index contributed by atoms with van der Waals surface area (Å²) in [6.45, 7) is 2.21. The molecule has 0 aliphatic carbocycles. The average molecular weight is 366 g/mol. The number of fused-ring (bicyclic) bond motifs is 1. The molecule has 2 aromatic rings. The lowest BCUT2D eigenvalue weighted by atomic mass is 9.99. The molecule has 0 unspecified atom stereocenters. The van der Waals surface area contributed by atoms with Gasteiger partial charge in [0.05, 0.1) is 4.92 Å². The van der Waals surface area contributed by atoms with E-state index in [0.717, 1.165) is 50.0 Å². The average Bonchev–Trinajstić information content (AvgIpc) is 3.21. The molecule has 2 aliphatic rings. The zero-order valence-electron chi connectivity index (χ0n) is 15.1. The quantitative estimate of drug-likeness (QED) is 0.511. The summed E-state index contributed by atoms with van der Waals surface area (Å²) in [6, 6.07) is 10.4. The second kappa shape index (κ2) is 6.90. The van der Waals surface area contributed by atoms with Crippen LogP contribution in [0.25, 0.3) is 0 Å². The minimum absolute atomic E-state index is 0.00689. The van der Waals surface area contributed by atoms with Crippen molar-refractivity contribution in [1.29, 1.82) is 0 Å². The molecule has 2 aliphatic heterocycles. The van der Waals surface area contributed by atoms with Crippen molar-refractivity contribution in [2.75, 3.05) is 35.2 Å². The van der Waals surface area contributed by atoms with Crippen molar-refractivity contribution >= 4 is 28.7 Å². The minimum Gasteiger partial charge on any atom is -0.398 e. The maximum atomic E-state index is 13.1. The van der Waals surface area contributed by atoms with Gasteiger partial charge in [0, 0.05) is 42.6 Å². The van der Waals surface area contributed by atoms with Gasteiger partial charge >= 0.3 is 0 Å². The van der Waals surface area contributed by atoms with E-state index < -0.39 is 4.92 Å². The number of nitrogens with zero attached hydrogens (tertiary/aromatic N) is 3. The number of rotatable bonds is 3. The van der Waals surface area contributed by atoms with Crippen LogP contribution in [0.4, 0.5) is 22.7 Å². The molecule has 2 aromatic carbocycles. The van der Waals surface area contributed by atoms with E-state index in [1.54, 1.807) is 17.0 Å². The number of nitrogens with two attached hydrogens (primary N) is 1. The van der Waals surface area contributed by atoms with Crippen molar-refractivity contribution in [2.45, 2.75) is 25.7 Å². The van der Waals surface area contributed by atoms with E-state index in [9.17, 15) is 14.9 Å². The van der Waals surface area contributed by atoms with Crippen LogP contribution in [0.3, 0.4) is 0 Å². The van der Waals surface area contributed by atoms with Crippen molar-refractivity contribution in [3.63, 3.8) is 0 Å². The van der Waals surface area contributed by atoms with Gasteiger partial charge < -0.3 is 15.5 Å². The Morgan fingerprint density at radius 2 is 1.81 bits per heavy atom. The highest BCUT2D eigenvalue weighted by molar-refractivity contribution is 6.07. The van der Waals surface area contributed by atoms with Gasteiger partial charge in [-0.25, -0.2) is 0 Å². The first kappa shape index (κ1) is 17.3. The molecule has 27 heavy (non-hydrogen) atoms. The number of carbonyl (C=O) groups is 1. The van der Waals surface area contributed by atoms with Gasteiger partial charge in [-0.2, -0.15) is 0 Å². The van der Waals surface area contributed by atoms with Crippen molar-refractivity contribution in [3.05, 3.63) is 57.6 Å². The molecule has 1 amide bonds. The molecule has 0 spiro atoms. The molecule has 0 bridgehead atoms. The van der Waals surface area contributed by atoms with E-state index in [1.807, 2.05) is 23.1 Å². The predicted molar refractivity (Wildman–Crippen MR) is 105 cm³/mol.